The van der Waals surface area contributed by atoms with Gasteiger partial charge in [0.25, 0.3) is 0 Å². The Morgan fingerprint density at radius 1 is 1.16 bits per heavy atom. The highest BCUT2D eigenvalue weighted by Gasteiger charge is 2.28. The fourth-order valence-electron chi connectivity index (χ4n) is 1.32. The number of hydrogen-bond donors (Lipinski definition) is 2. The summed E-state index contributed by atoms with van der Waals surface area (Å²) in [5, 5.41) is 12.3. The van der Waals surface area contributed by atoms with Gasteiger partial charge < -0.3 is 10.4 Å². The van der Waals surface area contributed by atoms with Crippen LogP contribution in [0, 0.1) is 0 Å². The zero-order chi connectivity index (χ0) is 15.3. The Kier molecular flexibility index (Phi) is 6.66. The Bertz CT molecular complexity index is 325. The normalized spacial score (nSPS) is 15.2. The molecule has 5 heteroatoms. The molecule has 0 aliphatic heterocycles. The summed E-state index contributed by atoms with van der Waals surface area (Å²) < 4.78 is 0. The average Bonchev–Trinajstić information content (AvgIpc) is 2.35. The third-order valence-electron chi connectivity index (χ3n) is 4.01. The highest BCUT2D eigenvalue weighted by molar-refractivity contribution is 5.91. The van der Waals surface area contributed by atoms with Gasteiger partial charge in [0, 0.05) is 5.54 Å². The van der Waals surface area contributed by atoms with Gasteiger partial charge >= 0.3 is 0 Å². The van der Waals surface area contributed by atoms with Crippen LogP contribution < -0.4 is 5.32 Å². The summed E-state index contributed by atoms with van der Waals surface area (Å²) in [4.78, 5) is 25.4. The molecule has 1 amide bonds. The highest BCUT2D eigenvalue weighted by Crippen LogP contribution is 2.15. The first-order chi connectivity index (χ1) is 8.56. The second-order valence-electron chi connectivity index (χ2n) is 5.85. The van der Waals surface area contributed by atoms with Gasteiger partial charge in [-0.3, -0.25) is 14.5 Å². The molecule has 5 nitrogen and oxygen atoms in total. The molecule has 0 spiro atoms. The monoisotopic (exact) mass is 272 g/mol. The Balaban J connectivity index is 4.25. The van der Waals surface area contributed by atoms with E-state index in [4.69, 9.17) is 0 Å². The maximum absolute atomic E-state index is 11.7. The second kappa shape index (κ2) is 7.01. The minimum atomic E-state index is -1.36. The van der Waals surface area contributed by atoms with Crippen LogP contribution in [0.2, 0.25) is 0 Å². The Morgan fingerprint density at radius 2 is 1.68 bits per heavy atom. The van der Waals surface area contributed by atoms with Crippen molar-refractivity contribution in [1.82, 2.24) is 10.2 Å². The van der Waals surface area contributed by atoms with E-state index in [1.807, 2.05) is 11.9 Å². The topological polar surface area (TPSA) is 69.6 Å². The summed E-state index contributed by atoms with van der Waals surface area (Å²) in [5.74, 6) is -0.565. The number of hydrogen-bond acceptors (Lipinski definition) is 4. The van der Waals surface area contributed by atoms with E-state index in [1.54, 1.807) is 6.92 Å². The van der Waals surface area contributed by atoms with E-state index in [0.29, 0.717) is 6.42 Å². The molecule has 0 saturated heterocycles. The predicted octanol–water partition coefficient (Wildman–Crippen LogP) is 0.953. The van der Waals surface area contributed by atoms with Gasteiger partial charge in [0.2, 0.25) is 5.91 Å². The average molecular weight is 272 g/mol. The van der Waals surface area contributed by atoms with Crippen LogP contribution in [-0.2, 0) is 9.59 Å². The van der Waals surface area contributed by atoms with E-state index in [9.17, 15) is 14.7 Å². The zero-order valence-corrected chi connectivity index (χ0v) is 13.0. The van der Waals surface area contributed by atoms with Crippen molar-refractivity contribution in [2.24, 2.45) is 0 Å². The number of likely N-dealkylation sites (N-methyl/N-ethyl adjacent to an activating group) is 1. The number of nitrogens with one attached hydrogen (secondary N) is 1. The van der Waals surface area contributed by atoms with Gasteiger partial charge in [-0.2, -0.15) is 0 Å². The molecule has 0 radical (unpaired) electrons. The number of carbonyl (C=O) groups is 2. The number of Topliss-reactive ketones (excluding diaryl/α,β-unsaturated/α-hetero) is 1. The van der Waals surface area contributed by atoms with E-state index in [1.165, 1.54) is 6.92 Å². The van der Waals surface area contributed by atoms with Gasteiger partial charge in [0.1, 0.15) is 5.60 Å². The lowest BCUT2D eigenvalue weighted by molar-refractivity contribution is -0.137. The third-order valence-corrected chi connectivity index (χ3v) is 4.01. The van der Waals surface area contributed by atoms with Gasteiger partial charge in [-0.15, -0.1) is 0 Å². The Hall–Kier alpha value is -0.940. The molecule has 1 unspecified atom stereocenters. The van der Waals surface area contributed by atoms with Crippen molar-refractivity contribution in [2.45, 2.75) is 58.6 Å². The summed E-state index contributed by atoms with van der Waals surface area (Å²) in [5.41, 5.74) is -1.42. The molecule has 0 heterocycles. The van der Waals surface area contributed by atoms with Crippen molar-refractivity contribution in [2.75, 3.05) is 20.1 Å². The number of rotatable bonds is 8. The number of ketones is 1. The van der Waals surface area contributed by atoms with E-state index in [-0.39, 0.29) is 30.3 Å². The van der Waals surface area contributed by atoms with Crippen molar-refractivity contribution in [3.05, 3.63) is 0 Å². The summed E-state index contributed by atoms with van der Waals surface area (Å²) in [6.07, 6.45) is 1.27. The molecule has 0 aliphatic rings. The molecule has 0 saturated carbocycles. The number of carbonyl (C=O) groups excluding carboxylic acids is 2. The molecule has 0 aromatic carbocycles. The molecule has 0 aromatic heterocycles. The molecule has 1 atom stereocenters. The van der Waals surface area contributed by atoms with Crippen LogP contribution in [0.4, 0.5) is 0 Å². The number of amides is 1. The van der Waals surface area contributed by atoms with Crippen molar-refractivity contribution in [1.29, 1.82) is 0 Å². The molecule has 19 heavy (non-hydrogen) atoms. The molecular weight excluding hydrogens is 244 g/mol. The zero-order valence-electron chi connectivity index (χ0n) is 13.0. The molecule has 0 bridgehead atoms. The summed E-state index contributed by atoms with van der Waals surface area (Å²) in [7, 11) is 1.88. The quantitative estimate of drug-likeness (QED) is 0.690. The van der Waals surface area contributed by atoms with Crippen LogP contribution in [0.25, 0.3) is 0 Å². The van der Waals surface area contributed by atoms with Gasteiger partial charge in [-0.1, -0.05) is 13.8 Å². The van der Waals surface area contributed by atoms with Crippen LogP contribution in [0.15, 0.2) is 0 Å². The fourth-order valence-corrected chi connectivity index (χ4v) is 1.32. The molecular formula is C14H28N2O3. The standard InChI is InChI=1S/C14H28N2O3/c1-7-13(3,4)16(6)10-12(18)15-9-11(17)14(5,19)8-2/h19H,7-10H2,1-6H3,(H,15,18). The van der Waals surface area contributed by atoms with Gasteiger partial charge in [0.05, 0.1) is 13.1 Å². The fraction of sp³-hybridized carbons (Fsp3) is 0.857. The maximum atomic E-state index is 11.7. The SMILES string of the molecule is CCC(C)(O)C(=O)CNC(=O)CN(C)C(C)(C)CC. The third kappa shape index (κ3) is 5.70. The van der Waals surface area contributed by atoms with Gasteiger partial charge in [0.15, 0.2) is 5.78 Å². The first-order valence-corrected chi connectivity index (χ1v) is 6.80. The highest BCUT2D eigenvalue weighted by atomic mass is 16.3. The molecule has 0 fully saturated rings. The number of nitrogens with zero attached hydrogens (tertiary/aromatic N) is 1. The van der Waals surface area contributed by atoms with Crippen LogP contribution in [0.1, 0.15) is 47.5 Å². The van der Waals surface area contributed by atoms with E-state index in [2.05, 4.69) is 26.1 Å². The minimum Gasteiger partial charge on any atom is -0.382 e. The van der Waals surface area contributed by atoms with E-state index in [0.717, 1.165) is 6.42 Å². The molecule has 112 valence electrons. The predicted molar refractivity (Wildman–Crippen MR) is 75.9 cm³/mol. The Labute approximate surface area is 116 Å². The second-order valence-corrected chi connectivity index (χ2v) is 5.85. The van der Waals surface area contributed by atoms with Crippen LogP contribution in [-0.4, -0.2) is 53.0 Å². The Morgan fingerprint density at radius 3 is 2.11 bits per heavy atom. The lowest BCUT2D eigenvalue weighted by atomic mass is 9.98. The first-order valence-electron chi connectivity index (χ1n) is 6.80. The van der Waals surface area contributed by atoms with E-state index < -0.39 is 5.60 Å². The molecule has 0 rings (SSSR count). The van der Waals surface area contributed by atoms with E-state index >= 15 is 0 Å². The van der Waals surface area contributed by atoms with Crippen molar-refractivity contribution < 1.29 is 14.7 Å². The molecule has 0 aromatic rings. The van der Waals surface area contributed by atoms with Gasteiger partial charge in [-0.05, 0) is 40.7 Å². The van der Waals surface area contributed by atoms with Crippen molar-refractivity contribution in [3.63, 3.8) is 0 Å². The number of aliphatic hydroxyl groups is 1. The van der Waals surface area contributed by atoms with Crippen LogP contribution in [0.3, 0.4) is 0 Å². The lowest BCUT2D eigenvalue weighted by Gasteiger charge is -2.34. The molecule has 0 aliphatic carbocycles. The summed E-state index contributed by atoms with van der Waals surface area (Å²) in [6.45, 7) is 9.50. The summed E-state index contributed by atoms with van der Waals surface area (Å²) >= 11 is 0. The first kappa shape index (κ1) is 18.1. The van der Waals surface area contributed by atoms with Crippen molar-refractivity contribution >= 4 is 11.7 Å². The lowest BCUT2D eigenvalue weighted by Crippen LogP contribution is -2.48. The van der Waals surface area contributed by atoms with Crippen molar-refractivity contribution in [3.8, 4) is 0 Å². The minimum absolute atomic E-state index is 0.0593. The maximum Gasteiger partial charge on any atom is 0.234 e. The largest absolute Gasteiger partial charge is 0.382 e. The van der Waals surface area contributed by atoms with Gasteiger partial charge in [-0.25, -0.2) is 0 Å². The van der Waals surface area contributed by atoms with Crippen LogP contribution in [0.5, 0.6) is 0 Å². The molecule has 2 N–H and O–H groups in total. The van der Waals surface area contributed by atoms with Crippen LogP contribution >= 0.6 is 0 Å². The summed E-state index contributed by atoms with van der Waals surface area (Å²) in [6, 6.07) is 0. The smallest absolute Gasteiger partial charge is 0.234 e.